The van der Waals surface area contributed by atoms with Crippen LogP contribution in [0.2, 0.25) is 0 Å². The minimum atomic E-state index is 0.608. The van der Waals surface area contributed by atoms with Crippen LogP contribution in [0.25, 0.3) is 0 Å². The minimum Gasteiger partial charge on any atom is -0.0848 e. The second-order valence-electron chi connectivity index (χ2n) is 7.09. The molecular formula is C15H24. The molecule has 0 aliphatic heterocycles. The van der Waals surface area contributed by atoms with Gasteiger partial charge in [-0.15, -0.1) is 0 Å². The second kappa shape index (κ2) is 2.70. The van der Waals surface area contributed by atoms with Crippen molar-refractivity contribution in [2.45, 2.75) is 53.4 Å². The van der Waals surface area contributed by atoms with Crippen molar-refractivity contribution in [1.82, 2.24) is 0 Å². The Kier molecular flexibility index (Phi) is 1.79. The second-order valence-corrected chi connectivity index (χ2v) is 7.09. The third kappa shape index (κ3) is 1.04. The third-order valence-electron chi connectivity index (χ3n) is 5.94. The predicted octanol–water partition coefficient (Wildman–Crippen LogP) is 4.42. The van der Waals surface area contributed by atoms with E-state index in [1.54, 1.807) is 5.57 Å². The highest BCUT2D eigenvalue weighted by Crippen LogP contribution is 2.71. The van der Waals surface area contributed by atoms with E-state index in [1.807, 2.05) is 0 Å². The fraction of sp³-hybridized carbons (Fsp3) is 0.867. The SMILES string of the molecule is CC1=CCC(C)C2[C@H]3CCC12CC3(C)C. The van der Waals surface area contributed by atoms with Crippen molar-refractivity contribution >= 4 is 0 Å². The molecule has 0 nitrogen and oxygen atoms in total. The Bertz CT molecular complexity index is 323. The van der Waals surface area contributed by atoms with Crippen LogP contribution in [0.15, 0.2) is 11.6 Å². The van der Waals surface area contributed by atoms with Gasteiger partial charge in [0.05, 0.1) is 0 Å². The summed E-state index contributed by atoms with van der Waals surface area (Å²) in [7, 11) is 0. The molecule has 3 unspecified atom stereocenters. The molecule has 3 aliphatic rings. The molecule has 0 aromatic heterocycles. The van der Waals surface area contributed by atoms with Crippen LogP contribution in [0, 0.1) is 28.6 Å². The summed E-state index contributed by atoms with van der Waals surface area (Å²) in [6.45, 7) is 9.92. The summed E-state index contributed by atoms with van der Waals surface area (Å²) in [6.07, 6.45) is 8.32. The molecular weight excluding hydrogens is 180 g/mol. The molecule has 3 rings (SSSR count). The van der Waals surface area contributed by atoms with Gasteiger partial charge in [0.1, 0.15) is 0 Å². The lowest BCUT2D eigenvalue weighted by Crippen LogP contribution is -2.31. The molecule has 3 aliphatic carbocycles. The zero-order valence-corrected chi connectivity index (χ0v) is 10.6. The summed E-state index contributed by atoms with van der Waals surface area (Å²) in [6, 6.07) is 0. The smallest absolute Gasteiger partial charge is 0.00519 e. The molecule has 2 bridgehead atoms. The Hall–Kier alpha value is -0.260. The van der Waals surface area contributed by atoms with Crippen LogP contribution in [0.5, 0.6) is 0 Å². The Morgan fingerprint density at radius 3 is 2.67 bits per heavy atom. The topological polar surface area (TPSA) is 0 Å². The van der Waals surface area contributed by atoms with E-state index >= 15 is 0 Å². The molecule has 0 saturated heterocycles. The van der Waals surface area contributed by atoms with Gasteiger partial charge in [0.25, 0.3) is 0 Å². The highest BCUT2D eigenvalue weighted by atomic mass is 14.7. The highest BCUT2D eigenvalue weighted by molar-refractivity contribution is 5.27. The number of hydrogen-bond acceptors (Lipinski definition) is 0. The standard InChI is InChI=1S/C15H24/c1-10-5-6-11(2)15-8-7-12(13(10)15)14(3,4)9-15/h6,10,12-13H,5,7-9H2,1-4H3/t10?,12-,13?,15?/m1/s1. The highest BCUT2D eigenvalue weighted by Gasteiger charge is 2.63. The van der Waals surface area contributed by atoms with Crippen molar-refractivity contribution in [1.29, 1.82) is 0 Å². The zero-order chi connectivity index (χ0) is 10.8. The van der Waals surface area contributed by atoms with Gasteiger partial charge in [0.15, 0.2) is 0 Å². The van der Waals surface area contributed by atoms with E-state index in [-0.39, 0.29) is 0 Å². The Morgan fingerprint density at radius 1 is 1.33 bits per heavy atom. The van der Waals surface area contributed by atoms with E-state index in [0.717, 1.165) is 17.8 Å². The summed E-state index contributed by atoms with van der Waals surface area (Å²) in [5, 5.41) is 0. The van der Waals surface area contributed by atoms with E-state index < -0.39 is 0 Å². The summed E-state index contributed by atoms with van der Waals surface area (Å²) in [5.41, 5.74) is 2.97. The van der Waals surface area contributed by atoms with E-state index in [0.29, 0.717) is 10.8 Å². The zero-order valence-electron chi connectivity index (χ0n) is 10.6. The van der Waals surface area contributed by atoms with Gasteiger partial charge >= 0.3 is 0 Å². The third-order valence-corrected chi connectivity index (χ3v) is 5.94. The Labute approximate surface area is 94.1 Å². The van der Waals surface area contributed by atoms with Crippen molar-refractivity contribution < 1.29 is 0 Å². The van der Waals surface area contributed by atoms with Crippen molar-refractivity contribution in [3.63, 3.8) is 0 Å². The molecule has 4 atom stereocenters. The number of allylic oxidation sites excluding steroid dienone is 2. The van der Waals surface area contributed by atoms with Crippen molar-refractivity contribution in [2.75, 3.05) is 0 Å². The maximum atomic E-state index is 2.55. The molecule has 2 saturated carbocycles. The first-order valence-electron chi connectivity index (χ1n) is 6.65. The molecule has 0 heteroatoms. The average molecular weight is 204 g/mol. The quantitative estimate of drug-likeness (QED) is 0.513. The first-order valence-corrected chi connectivity index (χ1v) is 6.65. The van der Waals surface area contributed by atoms with Gasteiger partial charge in [-0.2, -0.15) is 0 Å². The molecule has 2 fully saturated rings. The average Bonchev–Trinajstić information content (AvgIpc) is 2.62. The van der Waals surface area contributed by atoms with Gasteiger partial charge in [-0.1, -0.05) is 32.4 Å². The number of hydrogen-bond donors (Lipinski definition) is 0. The van der Waals surface area contributed by atoms with Gasteiger partial charge in [0.2, 0.25) is 0 Å². The monoisotopic (exact) mass is 204 g/mol. The van der Waals surface area contributed by atoms with E-state index in [9.17, 15) is 0 Å². The summed E-state index contributed by atoms with van der Waals surface area (Å²) in [4.78, 5) is 0. The van der Waals surface area contributed by atoms with Crippen LogP contribution in [0.3, 0.4) is 0 Å². The maximum absolute atomic E-state index is 2.55. The van der Waals surface area contributed by atoms with E-state index in [4.69, 9.17) is 0 Å². The number of rotatable bonds is 0. The fourth-order valence-corrected chi connectivity index (χ4v) is 5.42. The Balaban J connectivity index is 2.11. The lowest BCUT2D eigenvalue weighted by Gasteiger charge is -2.40. The van der Waals surface area contributed by atoms with Crippen LogP contribution >= 0.6 is 0 Å². The Morgan fingerprint density at radius 2 is 2.07 bits per heavy atom. The molecule has 0 N–H and O–H groups in total. The molecule has 0 amide bonds. The summed E-state index contributed by atoms with van der Waals surface area (Å²) >= 11 is 0. The van der Waals surface area contributed by atoms with E-state index in [2.05, 4.69) is 33.8 Å². The first kappa shape index (κ1) is 9.93. The van der Waals surface area contributed by atoms with Gasteiger partial charge in [-0.25, -0.2) is 0 Å². The minimum absolute atomic E-state index is 0.608. The van der Waals surface area contributed by atoms with E-state index in [1.165, 1.54) is 25.7 Å². The first-order chi connectivity index (χ1) is 6.97. The van der Waals surface area contributed by atoms with Crippen LogP contribution < -0.4 is 0 Å². The molecule has 0 spiro atoms. The fourth-order valence-electron chi connectivity index (χ4n) is 5.42. The summed E-state index contributed by atoms with van der Waals surface area (Å²) < 4.78 is 0. The lowest BCUT2D eigenvalue weighted by molar-refractivity contribution is 0.184. The molecule has 0 heterocycles. The van der Waals surface area contributed by atoms with Gasteiger partial charge in [-0.05, 0) is 61.2 Å². The molecule has 0 aromatic carbocycles. The normalized spacial score (nSPS) is 51.5. The van der Waals surface area contributed by atoms with Gasteiger partial charge in [0, 0.05) is 0 Å². The lowest BCUT2D eigenvalue weighted by atomic mass is 9.64. The van der Waals surface area contributed by atoms with Gasteiger partial charge < -0.3 is 0 Å². The van der Waals surface area contributed by atoms with Crippen molar-refractivity contribution in [3.05, 3.63) is 11.6 Å². The molecule has 15 heavy (non-hydrogen) atoms. The molecule has 0 aromatic rings. The van der Waals surface area contributed by atoms with Crippen molar-refractivity contribution in [2.24, 2.45) is 28.6 Å². The van der Waals surface area contributed by atoms with Crippen LogP contribution in [0.4, 0.5) is 0 Å². The van der Waals surface area contributed by atoms with Crippen LogP contribution in [-0.4, -0.2) is 0 Å². The molecule has 0 radical (unpaired) electrons. The van der Waals surface area contributed by atoms with Crippen LogP contribution in [0.1, 0.15) is 53.4 Å². The van der Waals surface area contributed by atoms with Gasteiger partial charge in [-0.3, -0.25) is 0 Å². The predicted molar refractivity (Wildman–Crippen MR) is 64.6 cm³/mol. The largest absolute Gasteiger partial charge is 0.0848 e. The van der Waals surface area contributed by atoms with Crippen molar-refractivity contribution in [3.8, 4) is 0 Å². The molecule has 84 valence electrons. The summed E-state index contributed by atoms with van der Waals surface area (Å²) in [5.74, 6) is 2.96. The maximum Gasteiger partial charge on any atom is -0.00519 e. The van der Waals surface area contributed by atoms with Crippen LogP contribution in [-0.2, 0) is 0 Å².